The van der Waals surface area contributed by atoms with E-state index >= 15 is 0 Å². The average molecular weight is 421 g/mol. The van der Waals surface area contributed by atoms with Crippen LogP contribution in [0.1, 0.15) is 35.5 Å². The van der Waals surface area contributed by atoms with E-state index in [0.29, 0.717) is 17.9 Å². The Morgan fingerprint density at radius 3 is 2.66 bits per heavy atom. The van der Waals surface area contributed by atoms with Crippen molar-refractivity contribution in [2.45, 2.75) is 51.4 Å². The first kappa shape index (κ1) is 22.3. The van der Waals surface area contributed by atoms with Gasteiger partial charge in [-0.15, -0.1) is 0 Å². The lowest BCUT2D eigenvalue weighted by Gasteiger charge is -2.30. The highest BCUT2D eigenvalue weighted by atomic mass is 15.3. The summed E-state index contributed by atoms with van der Waals surface area (Å²) in [6, 6.07) is 2.06. The van der Waals surface area contributed by atoms with Gasteiger partial charge in [0.2, 0.25) is 0 Å². The first-order valence-electron chi connectivity index (χ1n) is 10.7. The zero-order valence-electron chi connectivity index (χ0n) is 18.8. The third kappa shape index (κ3) is 4.23. The highest BCUT2D eigenvalue weighted by Crippen LogP contribution is 2.33. The molecule has 4 heterocycles. The van der Waals surface area contributed by atoms with Gasteiger partial charge in [-0.05, 0) is 38.0 Å². The lowest BCUT2D eigenvalue weighted by atomic mass is 9.49. The molecular weight excluding hydrogens is 395 g/mol. The number of pyridine rings is 1. The van der Waals surface area contributed by atoms with E-state index in [-0.39, 0.29) is 0 Å². The van der Waals surface area contributed by atoms with Crippen LogP contribution < -0.4 is 10.6 Å². The van der Waals surface area contributed by atoms with Gasteiger partial charge in [0.05, 0.1) is 53.0 Å². The van der Waals surface area contributed by atoms with Crippen LogP contribution in [0.25, 0.3) is 11.0 Å². The maximum atomic E-state index is 5.88. The van der Waals surface area contributed by atoms with Crippen molar-refractivity contribution in [2.75, 3.05) is 11.4 Å². The van der Waals surface area contributed by atoms with E-state index in [9.17, 15) is 0 Å². The zero-order valence-corrected chi connectivity index (χ0v) is 18.8. The number of hydrogen-bond acceptors (Lipinski definition) is 5. The standard InChI is InChI=1S/C22H26B3N7/c1-13(5-6-14(2)26)11-31-19-7-8-30(12-18(19)16(4)29-31)20-9-15(3)28-21-17(20)10-27-32(21)22(23,24)25/h9-10H,1-2,5-8,11-12,26H2,3-4H3. The summed E-state index contributed by atoms with van der Waals surface area (Å²) in [7, 11) is 17.6. The molecule has 158 valence electrons. The number of hydrogen-bond donors (Lipinski definition) is 1. The van der Waals surface area contributed by atoms with Gasteiger partial charge in [-0.3, -0.25) is 9.36 Å². The molecule has 3 aromatic heterocycles. The minimum Gasteiger partial charge on any atom is -0.403 e. The van der Waals surface area contributed by atoms with Crippen LogP contribution >= 0.6 is 0 Å². The van der Waals surface area contributed by atoms with Gasteiger partial charge < -0.3 is 10.6 Å². The second-order valence-corrected chi connectivity index (χ2v) is 8.71. The Labute approximate surface area is 193 Å². The van der Waals surface area contributed by atoms with Gasteiger partial charge >= 0.3 is 0 Å². The van der Waals surface area contributed by atoms with Crippen molar-refractivity contribution in [3.8, 4) is 0 Å². The van der Waals surface area contributed by atoms with Crippen LogP contribution in [-0.4, -0.2) is 54.6 Å². The summed E-state index contributed by atoms with van der Waals surface area (Å²) >= 11 is 0. The number of nitrogens with two attached hydrogens (primary N) is 1. The Morgan fingerprint density at radius 1 is 1.22 bits per heavy atom. The molecule has 7 nitrogen and oxygen atoms in total. The fourth-order valence-electron chi connectivity index (χ4n) is 4.28. The number of anilines is 1. The van der Waals surface area contributed by atoms with Gasteiger partial charge in [0.1, 0.15) is 0 Å². The first-order chi connectivity index (χ1) is 15.0. The van der Waals surface area contributed by atoms with E-state index < -0.39 is 5.24 Å². The molecule has 0 atom stereocenters. The quantitative estimate of drug-likeness (QED) is 0.465. The lowest BCUT2D eigenvalue weighted by Crippen LogP contribution is -2.36. The highest BCUT2D eigenvalue weighted by Gasteiger charge is 2.26. The van der Waals surface area contributed by atoms with E-state index in [1.807, 2.05) is 6.92 Å². The SMILES string of the molecule is [B]C([B])([B])n1ncc2c(N3CCc4c(c(C)nn4CC(=C)CCC(=C)N)C3)cc(C)nc21. The van der Waals surface area contributed by atoms with E-state index in [4.69, 9.17) is 34.4 Å². The van der Waals surface area contributed by atoms with Crippen molar-refractivity contribution in [1.82, 2.24) is 24.5 Å². The van der Waals surface area contributed by atoms with E-state index in [0.717, 1.165) is 60.4 Å². The van der Waals surface area contributed by atoms with E-state index in [1.54, 1.807) is 6.20 Å². The van der Waals surface area contributed by atoms with Crippen molar-refractivity contribution < 1.29 is 0 Å². The Morgan fingerprint density at radius 2 is 1.97 bits per heavy atom. The Bertz CT molecular complexity index is 1200. The molecule has 3 aromatic rings. The van der Waals surface area contributed by atoms with E-state index in [1.165, 1.54) is 15.9 Å². The summed E-state index contributed by atoms with van der Waals surface area (Å²) in [5.74, 6) is 0. The number of nitrogens with zero attached hydrogens (tertiary/aromatic N) is 6. The summed E-state index contributed by atoms with van der Waals surface area (Å²) < 4.78 is 3.44. The predicted octanol–water partition coefficient (Wildman–Crippen LogP) is 1.69. The Balaban J connectivity index is 1.63. The molecule has 0 bridgehead atoms. The van der Waals surface area contributed by atoms with Crippen LogP contribution in [0, 0.1) is 13.8 Å². The Hall–Kier alpha value is -2.90. The third-order valence-corrected chi connectivity index (χ3v) is 5.86. The maximum absolute atomic E-state index is 5.88. The molecule has 32 heavy (non-hydrogen) atoms. The van der Waals surface area contributed by atoms with Crippen molar-refractivity contribution >= 4 is 40.3 Å². The van der Waals surface area contributed by atoms with Crippen LogP contribution in [-0.2, 0) is 24.7 Å². The normalized spacial score (nSPS) is 14.0. The molecule has 0 unspecified atom stereocenters. The molecule has 1 aliphatic heterocycles. The van der Waals surface area contributed by atoms with Gasteiger partial charge in [0.15, 0.2) is 5.65 Å². The van der Waals surface area contributed by atoms with Crippen LogP contribution in [0.3, 0.4) is 0 Å². The maximum Gasteiger partial charge on any atom is 0.158 e. The molecule has 10 heteroatoms. The van der Waals surface area contributed by atoms with E-state index in [2.05, 4.69) is 45.8 Å². The van der Waals surface area contributed by atoms with Crippen LogP contribution in [0.5, 0.6) is 0 Å². The minimum absolute atomic E-state index is 0.573. The Kier molecular flexibility index (Phi) is 5.73. The summed E-state index contributed by atoms with van der Waals surface area (Å²) in [5, 5.41) is 8.35. The largest absolute Gasteiger partial charge is 0.403 e. The monoisotopic (exact) mass is 421 g/mol. The average Bonchev–Trinajstić information content (AvgIpc) is 3.27. The summed E-state index contributed by atoms with van der Waals surface area (Å²) in [6.07, 6.45) is 4.16. The molecule has 4 rings (SSSR count). The first-order valence-corrected chi connectivity index (χ1v) is 10.7. The van der Waals surface area contributed by atoms with Crippen molar-refractivity contribution in [3.63, 3.8) is 0 Å². The van der Waals surface area contributed by atoms with Crippen molar-refractivity contribution in [2.24, 2.45) is 5.73 Å². The highest BCUT2D eigenvalue weighted by molar-refractivity contribution is 6.56. The van der Waals surface area contributed by atoms with Gasteiger partial charge in [0, 0.05) is 42.2 Å². The van der Waals surface area contributed by atoms with Crippen molar-refractivity contribution in [3.05, 3.63) is 59.3 Å². The van der Waals surface area contributed by atoms with Gasteiger partial charge in [-0.2, -0.15) is 10.2 Å². The second kappa shape index (κ2) is 8.22. The molecular formula is C22H26B3N7. The number of aromatic nitrogens is 5. The number of aryl methyl sites for hydroxylation is 2. The fourth-order valence-corrected chi connectivity index (χ4v) is 4.28. The third-order valence-electron chi connectivity index (χ3n) is 5.86. The molecule has 0 aromatic carbocycles. The molecule has 0 fully saturated rings. The van der Waals surface area contributed by atoms with Crippen LogP contribution in [0.2, 0.25) is 0 Å². The zero-order chi connectivity index (χ0) is 23.2. The van der Waals surface area contributed by atoms with Gasteiger partial charge in [0.25, 0.3) is 0 Å². The summed E-state index contributed by atoms with van der Waals surface area (Å²) in [5.41, 5.74) is 13.5. The van der Waals surface area contributed by atoms with Crippen LogP contribution in [0.4, 0.5) is 5.69 Å². The molecule has 0 saturated carbocycles. The topological polar surface area (TPSA) is 77.8 Å². The number of rotatable bonds is 7. The minimum atomic E-state index is -1.62. The smallest absolute Gasteiger partial charge is 0.158 e. The second-order valence-electron chi connectivity index (χ2n) is 8.71. The molecule has 6 radical (unpaired) electrons. The lowest BCUT2D eigenvalue weighted by molar-refractivity contribution is 0.598. The molecule has 0 amide bonds. The van der Waals surface area contributed by atoms with Crippen LogP contribution in [0.15, 0.2) is 36.7 Å². The summed E-state index contributed by atoms with van der Waals surface area (Å²) in [6.45, 7) is 14.2. The van der Waals surface area contributed by atoms with Gasteiger partial charge in [-0.1, -0.05) is 18.7 Å². The van der Waals surface area contributed by atoms with Gasteiger partial charge in [-0.25, -0.2) is 4.98 Å². The predicted molar refractivity (Wildman–Crippen MR) is 131 cm³/mol. The molecule has 0 spiro atoms. The number of fused-ring (bicyclic) bond motifs is 2. The molecule has 0 saturated heterocycles. The number of allylic oxidation sites excluding steroid dienone is 2. The molecule has 2 N–H and O–H groups in total. The molecule has 0 aliphatic carbocycles. The molecule has 1 aliphatic rings. The fraction of sp³-hybridized carbons (Fsp3) is 0.409. The van der Waals surface area contributed by atoms with Crippen molar-refractivity contribution in [1.29, 1.82) is 0 Å². The summed E-state index contributed by atoms with van der Waals surface area (Å²) in [4.78, 5) is 6.90.